The first-order valence-corrected chi connectivity index (χ1v) is 14.0. The van der Waals surface area contributed by atoms with Crippen LogP contribution >= 0.6 is 11.6 Å². The van der Waals surface area contributed by atoms with E-state index in [9.17, 15) is 18.8 Å². The third kappa shape index (κ3) is 5.25. The quantitative estimate of drug-likeness (QED) is 0.301. The van der Waals surface area contributed by atoms with Crippen LogP contribution in [0.5, 0.6) is 0 Å². The van der Waals surface area contributed by atoms with Crippen LogP contribution in [-0.4, -0.2) is 51.7 Å². The molecule has 0 aliphatic carbocycles. The van der Waals surface area contributed by atoms with Gasteiger partial charge in [0.05, 0.1) is 5.69 Å². The molecule has 3 heterocycles. The highest BCUT2D eigenvalue weighted by Gasteiger charge is 2.36. The lowest BCUT2D eigenvalue weighted by Gasteiger charge is -2.32. The molecule has 2 aliphatic rings. The molecule has 0 saturated carbocycles. The predicted octanol–water partition coefficient (Wildman–Crippen LogP) is 5.24. The van der Waals surface area contributed by atoms with E-state index >= 15 is 4.39 Å². The maximum Gasteiger partial charge on any atom is 0.322 e. The summed E-state index contributed by atoms with van der Waals surface area (Å²) in [4.78, 5) is 40.2. The number of carbonyl (C=O) groups excluding carboxylic acids is 3. The van der Waals surface area contributed by atoms with E-state index in [1.165, 1.54) is 16.8 Å². The minimum atomic E-state index is -0.958. The van der Waals surface area contributed by atoms with Crippen LogP contribution in [0.25, 0.3) is 16.9 Å². The average Bonchev–Trinajstić information content (AvgIpc) is 3.52. The molecule has 3 aromatic carbocycles. The number of piperidine rings is 1. The van der Waals surface area contributed by atoms with Gasteiger partial charge in [0.25, 0.3) is 11.8 Å². The van der Waals surface area contributed by atoms with E-state index in [0.29, 0.717) is 53.3 Å². The maximum atomic E-state index is 15.2. The molecule has 2 N–H and O–H groups in total. The fourth-order valence-electron chi connectivity index (χ4n) is 5.67. The number of aromatic nitrogens is 2. The normalized spacial score (nSPS) is 17.3. The van der Waals surface area contributed by atoms with Gasteiger partial charge in [0.15, 0.2) is 5.69 Å². The Labute approximate surface area is 245 Å². The zero-order valence-corrected chi connectivity index (χ0v) is 23.1. The minimum Gasteiger partial charge on any atom is -0.337 e. The van der Waals surface area contributed by atoms with Crippen LogP contribution in [0.3, 0.4) is 0 Å². The van der Waals surface area contributed by atoms with Crippen LogP contribution in [0.4, 0.5) is 13.6 Å². The van der Waals surface area contributed by atoms with Crippen LogP contribution in [0.2, 0.25) is 5.02 Å². The van der Waals surface area contributed by atoms with Crippen molar-refractivity contribution in [1.29, 1.82) is 0 Å². The van der Waals surface area contributed by atoms with E-state index in [2.05, 4.69) is 15.7 Å². The van der Waals surface area contributed by atoms with Crippen molar-refractivity contribution in [2.24, 2.45) is 0 Å². The number of nitrogens with one attached hydrogen (secondary N) is 2. The zero-order chi connectivity index (χ0) is 29.4. The summed E-state index contributed by atoms with van der Waals surface area (Å²) in [7, 11) is 0. The van der Waals surface area contributed by atoms with Gasteiger partial charge in [-0.3, -0.25) is 14.9 Å². The van der Waals surface area contributed by atoms with Crippen LogP contribution in [0.1, 0.15) is 40.4 Å². The predicted molar refractivity (Wildman–Crippen MR) is 152 cm³/mol. The van der Waals surface area contributed by atoms with Gasteiger partial charge in [-0.1, -0.05) is 54.1 Å². The molecule has 1 aromatic heterocycles. The fraction of sp³-hybridized carbons (Fsp3) is 0.226. The van der Waals surface area contributed by atoms with Gasteiger partial charge in [0.2, 0.25) is 0 Å². The number of amides is 4. The van der Waals surface area contributed by atoms with E-state index in [4.69, 9.17) is 11.6 Å². The Morgan fingerprint density at radius 1 is 0.929 bits per heavy atom. The molecule has 4 amide bonds. The number of halogens is 3. The molecule has 11 heteroatoms. The standard InChI is InChI=1S/C31H26ClF2N5O3/c32-20-11-9-19(10-12-20)28-22(17-25-29(40)36-31(42)35-25)27(37-39(28)26-8-4-3-7-24(26)34)30(41)38-15-13-18(14-16-38)21-5-1-2-6-23(21)33/h1-12,18,25H,13-17H2,(H2,35,36,40,42). The van der Waals surface area contributed by atoms with E-state index < -0.39 is 29.7 Å². The molecular formula is C31H26ClF2N5O3. The van der Waals surface area contributed by atoms with Crippen LogP contribution in [-0.2, 0) is 11.2 Å². The van der Waals surface area contributed by atoms with Gasteiger partial charge in [-0.25, -0.2) is 18.3 Å². The van der Waals surface area contributed by atoms with Gasteiger partial charge in [-0.2, -0.15) is 5.10 Å². The van der Waals surface area contributed by atoms with Crippen molar-refractivity contribution >= 4 is 29.4 Å². The molecule has 1 atom stereocenters. The lowest BCUT2D eigenvalue weighted by Crippen LogP contribution is -2.39. The first-order chi connectivity index (χ1) is 20.3. The first-order valence-electron chi connectivity index (χ1n) is 13.6. The Morgan fingerprint density at radius 3 is 2.24 bits per heavy atom. The topological polar surface area (TPSA) is 96.3 Å². The molecule has 8 nitrogen and oxygen atoms in total. The number of hydrogen-bond donors (Lipinski definition) is 2. The molecule has 0 bridgehead atoms. The lowest BCUT2D eigenvalue weighted by atomic mass is 9.89. The largest absolute Gasteiger partial charge is 0.337 e. The van der Waals surface area contributed by atoms with Crippen molar-refractivity contribution in [3.05, 3.63) is 106 Å². The van der Waals surface area contributed by atoms with E-state index in [-0.39, 0.29) is 29.5 Å². The summed E-state index contributed by atoms with van der Waals surface area (Å²) in [5.74, 6) is -1.79. The SMILES string of the molecule is O=C1NC(=O)C(Cc2c(C(=O)N3CCC(c4ccccc4F)CC3)nn(-c3ccccc3F)c2-c2ccc(Cl)cc2)N1. The van der Waals surface area contributed by atoms with Crippen molar-refractivity contribution in [1.82, 2.24) is 25.3 Å². The highest BCUT2D eigenvalue weighted by atomic mass is 35.5. The van der Waals surface area contributed by atoms with Gasteiger partial charge >= 0.3 is 6.03 Å². The second kappa shape index (κ2) is 11.4. The number of hydrogen-bond acceptors (Lipinski definition) is 4. The molecule has 4 aromatic rings. The van der Waals surface area contributed by atoms with E-state index in [1.807, 2.05) is 0 Å². The number of rotatable bonds is 6. The summed E-state index contributed by atoms with van der Waals surface area (Å²) >= 11 is 6.15. The monoisotopic (exact) mass is 589 g/mol. The number of likely N-dealkylation sites (tertiary alicyclic amines) is 1. The van der Waals surface area contributed by atoms with Gasteiger partial charge in [-0.15, -0.1) is 0 Å². The molecule has 0 radical (unpaired) electrons. The van der Waals surface area contributed by atoms with E-state index in [0.717, 1.165) is 0 Å². The molecule has 214 valence electrons. The number of nitrogens with zero attached hydrogens (tertiary/aromatic N) is 3. The molecule has 2 fully saturated rings. The van der Waals surface area contributed by atoms with Crippen molar-refractivity contribution < 1.29 is 23.2 Å². The highest BCUT2D eigenvalue weighted by molar-refractivity contribution is 6.30. The number of benzene rings is 3. The van der Waals surface area contributed by atoms with Crippen LogP contribution < -0.4 is 10.6 Å². The summed E-state index contributed by atoms with van der Waals surface area (Å²) in [6, 6.07) is 17.9. The van der Waals surface area contributed by atoms with Gasteiger partial charge in [-0.05, 0) is 54.7 Å². The minimum absolute atomic E-state index is 0.0345. The van der Waals surface area contributed by atoms with Gasteiger partial charge < -0.3 is 10.2 Å². The summed E-state index contributed by atoms with van der Waals surface area (Å²) < 4.78 is 31.0. The smallest absolute Gasteiger partial charge is 0.322 e. The van der Waals surface area contributed by atoms with Gasteiger partial charge in [0, 0.05) is 35.7 Å². The Hall–Kier alpha value is -4.57. The lowest BCUT2D eigenvalue weighted by molar-refractivity contribution is -0.120. The number of urea groups is 1. The summed E-state index contributed by atoms with van der Waals surface area (Å²) in [5.41, 5.74) is 2.15. The fourth-order valence-corrected chi connectivity index (χ4v) is 5.80. The Balaban J connectivity index is 1.43. The molecule has 1 unspecified atom stereocenters. The van der Waals surface area contributed by atoms with Crippen LogP contribution in [0, 0.1) is 11.6 Å². The molecule has 6 rings (SSSR count). The summed E-state index contributed by atoms with van der Waals surface area (Å²) in [6.45, 7) is 0.724. The summed E-state index contributed by atoms with van der Waals surface area (Å²) in [6.07, 6.45) is 1.05. The first kappa shape index (κ1) is 27.6. The van der Waals surface area contributed by atoms with Crippen molar-refractivity contribution in [2.75, 3.05) is 13.1 Å². The van der Waals surface area contributed by atoms with E-state index in [1.54, 1.807) is 65.6 Å². The Morgan fingerprint density at radius 2 is 1.60 bits per heavy atom. The number of para-hydroxylation sites is 1. The average molecular weight is 590 g/mol. The molecular weight excluding hydrogens is 564 g/mol. The molecule has 42 heavy (non-hydrogen) atoms. The highest BCUT2D eigenvalue weighted by Crippen LogP contribution is 2.35. The number of imide groups is 1. The van der Waals surface area contributed by atoms with Gasteiger partial charge in [0.1, 0.15) is 23.4 Å². The molecule has 2 saturated heterocycles. The Bertz CT molecular complexity index is 1680. The number of carbonyl (C=O) groups is 3. The van der Waals surface area contributed by atoms with Crippen molar-refractivity contribution in [3.8, 4) is 16.9 Å². The molecule has 2 aliphatic heterocycles. The second-order valence-electron chi connectivity index (χ2n) is 10.4. The zero-order valence-electron chi connectivity index (χ0n) is 22.3. The second-order valence-corrected chi connectivity index (χ2v) is 10.8. The van der Waals surface area contributed by atoms with Crippen molar-refractivity contribution in [3.63, 3.8) is 0 Å². The summed E-state index contributed by atoms with van der Waals surface area (Å²) in [5, 5.41) is 9.92. The third-order valence-electron chi connectivity index (χ3n) is 7.78. The maximum absolute atomic E-state index is 15.2. The van der Waals surface area contributed by atoms with Crippen molar-refractivity contribution in [2.45, 2.75) is 31.2 Å². The van der Waals surface area contributed by atoms with Crippen LogP contribution in [0.15, 0.2) is 72.8 Å². The third-order valence-corrected chi connectivity index (χ3v) is 8.03. The molecule has 0 spiro atoms. The Kier molecular flexibility index (Phi) is 7.47.